The second-order valence-electron chi connectivity index (χ2n) is 23.4. The lowest BCUT2D eigenvalue weighted by molar-refractivity contribution is -0.167. The van der Waals surface area contributed by atoms with Crippen LogP contribution in [0.5, 0.6) is 0 Å². The highest BCUT2D eigenvalue weighted by Crippen LogP contribution is 2.18. The van der Waals surface area contributed by atoms with Crippen molar-refractivity contribution < 1.29 is 28.6 Å². The minimum absolute atomic E-state index is 0.0674. The number of hydrogen-bond donors (Lipinski definition) is 0. The van der Waals surface area contributed by atoms with Crippen LogP contribution >= 0.6 is 0 Å². The average Bonchev–Trinajstić information content (AvgIpc) is 3.45. The number of hydrogen-bond acceptors (Lipinski definition) is 6. The molecule has 6 nitrogen and oxygen atoms in total. The summed E-state index contributed by atoms with van der Waals surface area (Å²) in [6.45, 7) is 6.59. The molecule has 0 rings (SSSR count). The molecule has 0 spiro atoms. The topological polar surface area (TPSA) is 78.9 Å². The molecular formula is C73H132O6. The highest BCUT2D eigenvalue weighted by Gasteiger charge is 2.19. The minimum Gasteiger partial charge on any atom is -0.462 e. The van der Waals surface area contributed by atoms with Crippen LogP contribution in [0.25, 0.3) is 0 Å². The smallest absolute Gasteiger partial charge is 0.306 e. The molecule has 0 aromatic carbocycles. The van der Waals surface area contributed by atoms with E-state index in [4.69, 9.17) is 14.2 Å². The summed E-state index contributed by atoms with van der Waals surface area (Å²) < 4.78 is 17.0. The van der Waals surface area contributed by atoms with Gasteiger partial charge < -0.3 is 14.2 Å². The summed E-state index contributed by atoms with van der Waals surface area (Å²) >= 11 is 0. The maximum Gasteiger partial charge on any atom is 0.306 e. The number of rotatable bonds is 64. The zero-order chi connectivity index (χ0) is 57.1. The Morgan fingerprint density at radius 3 is 0.772 bits per heavy atom. The van der Waals surface area contributed by atoms with E-state index >= 15 is 0 Å². The Bertz CT molecular complexity index is 1410. The van der Waals surface area contributed by atoms with Gasteiger partial charge in [-0.15, -0.1) is 0 Å². The fraction of sp³-hybridized carbons (Fsp3) is 0.822. The van der Waals surface area contributed by atoms with E-state index in [-0.39, 0.29) is 31.1 Å². The summed E-state index contributed by atoms with van der Waals surface area (Å²) in [5.41, 5.74) is 0. The van der Waals surface area contributed by atoms with Crippen LogP contribution in [0.2, 0.25) is 0 Å². The molecule has 0 saturated heterocycles. The van der Waals surface area contributed by atoms with Crippen molar-refractivity contribution in [2.45, 2.75) is 374 Å². The standard InChI is InChI=1S/C73H132O6/c1-4-7-10-13-16-19-22-25-28-30-31-32-33-34-35-36-37-38-39-40-41-43-45-48-51-54-57-60-63-66-72(75)78-69-70(68-77-71(74)65-62-59-56-53-50-47-44-27-24-21-18-15-12-9-6-3)79-73(76)67-64-61-58-55-52-49-46-42-29-26-23-20-17-14-11-8-5-2/h7,10,16,19,25,28,31-32,34-35,70H,4-6,8-9,11-15,17-18,20-24,26-27,29-30,33,36-69H2,1-3H3/b10-7-,19-16-,28-25-,32-31-,35-34-. The maximum absolute atomic E-state index is 12.9. The van der Waals surface area contributed by atoms with E-state index in [1.807, 2.05) is 0 Å². The summed E-state index contributed by atoms with van der Waals surface area (Å²) in [4.78, 5) is 38.4. The predicted molar refractivity (Wildman–Crippen MR) is 344 cm³/mol. The highest BCUT2D eigenvalue weighted by atomic mass is 16.6. The zero-order valence-electron chi connectivity index (χ0n) is 52.9. The van der Waals surface area contributed by atoms with Crippen LogP contribution in [-0.2, 0) is 28.6 Å². The molecule has 79 heavy (non-hydrogen) atoms. The third kappa shape index (κ3) is 65.8. The van der Waals surface area contributed by atoms with E-state index in [9.17, 15) is 14.4 Å². The van der Waals surface area contributed by atoms with E-state index in [0.717, 1.165) is 89.9 Å². The van der Waals surface area contributed by atoms with Gasteiger partial charge in [-0.1, -0.05) is 345 Å². The van der Waals surface area contributed by atoms with Gasteiger partial charge in [0.15, 0.2) is 6.10 Å². The Morgan fingerprint density at radius 2 is 0.494 bits per heavy atom. The number of allylic oxidation sites excluding steroid dienone is 10. The molecule has 6 heteroatoms. The Kier molecular flexibility index (Phi) is 65.1. The van der Waals surface area contributed by atoms with Crippen molar-refractivity contribution in [3.63, 3.8) is 0 Å². The van der Waals surface area contributed by atoms with Crippen molar-refractivity contribution in [2.75, 3.05) is 13.2 Å². The number of carbonyl (C=O) groups is 3. The van der Waals surface area contributed by atoms with Crippen LogP contribution in [-0.4, -0.2) is 37.2 Å². The van der Waals surface area contributed by atoms with E-state index in [1.165, 1.54) is 238 Å². The van der Waals surface area contributed by atoms with Crippen LogP contribution in [0, 0.1) is 0 Å². The Balaban J connectivity index is 4.23. The van der Waals surface area contributed by atoms with Crippen molar-refractivity contribution in [3.8, 4) is 0 Å². The largest absolute Gasteiger partial charge is 0.462 e. The molecule has 0 N–H and O–H groups in total. The predicted octanol–water partition coefficient (Wildman–Crippen LogP) is 23.9. The van der Waals surface area contributed by atoms with Gasteiger partial charge in [0.1, 0.15) is 13.2 Å². The molecule has 0 aromatic rings. The van der Waals surface area contributed by atoms with Crippen molar-refractivity contribution in [3.05, 3.63) is 60.8 Å². The Hall–Kier alpha value is -2.89. The van der Waals surface area contributed by atoms with Crippen molar-refractivity contribution in [1.82, 2.24) is 0 Å². The van der Waals surface area contributed by atoms with Crippen LogP contribution < -0.4 is 0 Å². The molecule has 0 aliphatic heterocycles. The summed E-state index contributed by atoms with van der Waals surface area (Å²) in [7, 11) is 0. The van der Waals surface area contributed by atoms with Crippen LogP contribution in [0.3, 0.4) is 0 Å². The van der Waals surface area contributed by atoms with Crippen LogP contribution in [0.1, 0.15) is 367 Å². The van der Waals surface area contributed by atoms with Gasteiger partial charge >= 0.3 is 17.9 Å². The van der Waals surface area contributed by atoms with Crippen molar-refractivity contribution in [2.24, 2.45) is 0 Å². The van der Waals surface area contributed by atoms with Gasteiger partial charge in [0.05, 0.1) is 0 Å². The van der Waals surface area contributed by atoms with Gasteiger partial charge in [0, 0.05) is 19.3 Å². The summed E-state index contributed by atoms with van der Waals surface area (Å²) in [5.74, 6) is -0.841. The molecule has 0 aliphatic rings. The first-order valence-corrected chi connectivity index (χ1v) is 34.8. The quantitative estimate of drug-likeness (QED) is 0.0261. The molecule has 0 heterocycles. The molecule has 0 radical (unpaired) electrons. The number of esters is 3. The van der Waals surface area contributed by atoms with Crippen LogP contribution in [0.4, 0.5) is 0 Å². The Morgan fingerprint density at radius 1 is 0.266 bits per heavy atom. The summed E-state index contributed by atoms with van der Waals surface area (Å²) in [6.07, 6.45) is 86.7. The monoisotopic (exact) mass is 1110 g/mol. The van der Waals surface area contributed by atoms with Gasteiger partial charge in [-0.05, 0) is 64.2 Å². The fourth-order valence-electron chi connectivity index (χ4n) is 10.4. The molecule has 0 fully saturated rings. The molecule has 0 bridgehead atoms. The first-order chi connectivity index (χ1) is 39.0. The molecule has 0 aliphatic carbocycles. The third-order valence-electron chi connectivity index (χ3n) is 15.5. The Labute approximate surface area is 491 Å². The van der Waals surface area contributed by atoms with E-state index in [2.05, 4.69) is 81.5 Å². The SMILES string of the molecule is CC/C=C\C/C=C\C/C=C\C/C=C\C/C=C\CCCCCCCCCCCCCCCC(=O)OCC(COC(=O)CCCCCCCCCCCCCCCCC)OC(=O)CCCCCCCCCCCCCCCCCCC. The fourth-order valence-corrected chi connectivity index (χ4v) is 10.4. The maximum atomic E-state index is 12.9. The molecule has 1 unspecified atom stereocenters. The first kappa shape index (κ1) is 76.1. The second kappa shape index (κ2) is 67.6. The zero-order valence-corrected chi connectivity index (χ0v) is 52.9. The van der Waals surface area contributed by atoms with E-state index in [1.54, 1.807) is 0 Å². The first-order valence-electron chi connectivity index (χ1n) is 34.8. The molecular weight excluding hydrogens is 973 g/mol. The highest BCUT2D eigenvalue weighted by molar-refractivity contribution is 5.71. The molecule has 1 atom stereocenters. The van der Waals surface area contributed by atoms with Crippen molar-refractivity contribution in [1.29, 1.82) is 0 Å². The normalized spacial score (nSPS) is 12.4. The average molecular weight is 1110 g/mol. The lowest BCUT2D eigenvalue weighted by Crippen LogP contribution is -2.30. The van der Waals surface area contributed by atoms with Crippen molar-refractivity contribution >= 4 is 17.9 Å². The van der Waals surface area contributed by atoms with Gasteiger partial charge in [-0.25, -0.2) is 0 Å². The van der Waals surface area contributed by atoms with Gasteiger partial charge in [0.25, 0.3) is 0 Å². The number of carbonyl (C=O) groups excluding carboxylic acids is 3. The summed E-state index contributed by atoms with van der Waals surface area (Å²) in [6, 6.07) is 0. The minimum atomic E-state index is -0.771. The molecule has 0 saturated carbocycles. The lowest BCUT2D eigenvalue weighted by atomic mass is 10.0. The van der Waals surface area contributed by atoms with E-state index in [0.29, 0.717) is 19.3 Å². The van der Waals surface area contributed by atoms with Crippen LogP contribution in [0.15, 0.2) is 60.8 Å². The van der Waals surface area contributed by atoms with Gasteiger partial charge in [-0.2, -0.15) is 0 Å². The van der Waals surface area contributed by atoms with E-state index < -0.39 is 6.10 Å². The molecule has 0 aromatic heterocycles. The second-order valence-corrected chi connectivity index (χ2v) is 23.4. The van der Waals surface area contributed by atoms with Gasteiger partial charge in [-0.3, -0.25) is 14.4 Å². The number of unbranched alkanes of at least 4 members (excludes halogenated alkanes) is 43. The third-order valence-corrected chi connectivity index (χ3v) is 15.5. The lowest BCUT2D eigenvalue weighted by Gasteiger charge is -2.18. The molecule has 460 valence electrons. The van der Waals surface area contributed by atoms with Gasteiger partial charge in [0.2, 0.25) is 0 Å². The summed E-state index contributed by atoms with van der Waals surface area (Å²) in [5, 5.41) is 0. The molecule has 0 amide bonds. The number of ether oxygens (including phenoxy) is 3.